The van der Waals surface area contributed by atoms with Crippen molar-refractivity contribution in [1.29, 1.82) is 0 Å². The Kier molecular flexibility index (Phi) is 2.18. The normalized spacial score (nSPS) is 12.3. The molecular weight excluding hydrogens is 238 g/mol. The van der Waals surface area contributed by atoms with Gasteiger partial charge < -0.3 is 4.98 Å². The number of H-pyrrole nitrogens is 1. The lowest BCUT2D eigenvalue weighted by Gasteiger charge is -2.17. The zero-order valence-electron chi connectivity index (χ0n) is 8.69. The summed E-state index contributed by atoms with van der Waals surface area (Å²) in [5, 5.41) is 1.31. The van der Waals surface area contributed by atoms with Crippen molar-refractivity contribution in [2.24, 2.45) is 0 Å². The molecule has 1 N–H and O–H groups in total. The van der Waals surface area contributed by atoms with Crippen LogP contribution in [0.5, 0.6) is 0 Å². The fourth-order valence-corrected chi connectivity index (χ4v) is 2.22. The average molecular weight is 252 g/mol. The Labute approximate surface area is 92.6 Å². The van der Waals surface area contributed by atoms with Gasteiger partial charge in [0.05, 0.1) is 5.52 Å². The van der Waals surface area contributed by atoms with E-state index in [2.05, 4.69) is 66.1 Å². The largest absolute Gasteiger partial charge is 0.360 e. The maximum atomic E-state index is 3.55. The molecule has 0 saturated carbocycles. The van der Waals surface area contributed by atoms with Gasteiger partial charge in [0.15, 0.2) is 0 Å². The number of benzene rings is 1. The average Bonchev–Trinajstić information content (AvgIpc) is 2.47. The maximum Gasteiger partial charge on any atom is 0.0601 e. The highest BCUT2D eigenvalue weighted by Gasteiger charge is 2.18. The number of aromatic nitrogens is 1. The Hall–Kier alpha value is -0.760. The molecule has 2 aromatic rings. The summed E-state index contributed by atoms with van der Waals surface area (Å²) in [7, 11) is 0. The molecule has 0 amide bonds. The predicted molar refractivity (Wildman–Crippen MR) is 64.7 cm³/mol. The minimum atomic E-state index is 0.193. The van der Waals surface area contributed by atoms with Crippen LogP contribution >= 0.6 is 15.9 Å². The highest BCUT2D eigenvalue weighted by molar-refractivity contribution is 9.10. The third kappa shape index (κ3) is 1.48. The molecule has 1 aromatic carbocycles. The van der Waals surface area contributed by atoms with Gasteiger partial charge in [0.25, 0.3) is 0 Å². The van der Waals surface area contributed by atoms with E-state index in [1.165, 1.54) is 16.5 Å². The molecule has 2 rings (SSSR count). The molecule has 0 atom stereocenters. The quantitative estimate of drug-likeness (QED) is 0.722. The molecule has 0 bridgehead atoms. The van der Waals surface area contributed by atoms with Crippen LogP contribution in [0.2, 0.25) is 0 Å². The van der Waals surface area contributed by atoms with E-state index in [1.807, 2.05) is 0 Å². The fraction of sp³-hybridized carbons (Fsp3) is 0.333. The van der Waals surface area contributed by atoms with E-state index < -0.39 is 0 Å². The number of hydrogen-bond acceptors (Lipinski definition) is 0. The first kappa shape index (κ1) is 9.78. The minimum Gasteiger partial charge on any atom is -0.360 e. The molecule has 0 aliphatic rings. The van der Waals surface area contributed by atoms with Crippen LogP contribution in [0.4, 0.5) is 0 Å². The van der Waals surface area contributed by atoms with Gasteiger partial charge in [0.2, 0.25) is 0 Å². The van der Waals surface area contributed by atoms with Crippen molar-refractivity contribution in [3.63, 3.8) is 0 Å². The Balaban J connectivity index is 2.76. The number of hydrogen-bond donors (Lipinski definition) is 1. The number of para-hydroxylation sites is 1. The number of aromatic amines is 1. The van der Waals surface area contributed by atoms with Crippen LogP contribution in [-0.4, -0.2) is 4.98 Å². The van der Waals surface area contributed by atoms with E-state index in [0.717, 1.165) is 4.47 Å². The summed E-state index contributed by atoms with van der Waals surface area (Å²) in [4.78, 5) is 3.32. The van der Waals surface area contributed by atoms with Crippen molar-refractivity contribution in [2.75, 3.05) is 0 Å². The van der Waals surface area contributed by atoms with Crippen LogP contribution in [0.1, 0.15) is 26.3 Å². The van der Waals surface area contributed by atoms with Crippen LogP contribution in [-0.2, 0) is 5.41 Å². The third-order valence-electron chi connectivity index (χ3n) is 2.47. The zero-order valence-corrected chi connectivity index (χ0v) is 10.3. The summed E-state index contributed by atoms with van der Waals surface area (Å²) in [6.07, 6.45) is 2.11. The summed E-state index contributed by atoms with van der Waals surface area (Å²) >= 11 is 3.55. The summed E-state index contributed by atoms with van der Waals surface area (Å²) < 4.78 is 1.13. The van der Waals surface area contributed by atoms with Gasteiger partial charge in [-0.1, -0.05) is 32.9 Å². The van der Waals surface area contributed by atoms with Gasteiger partial charge in [-0.2, -0.15) is 0 Å². The molecular formula is C12H14BrN. The highest BCUT2D eigenvalue weighted by atomic mass is 79.9. The zero-order chi connectivity index (χ0) is 10.3. The molecule has 0 aliphatic heterocycles. The van der Waals surface area contributed by atoms with E-state index in [-0.39, 0.29) is 5.41 Å². The second-order valence-electron chi connectivity index (χ2n) is 4.61. The van der Waals surface area contributed by atoms with Crippen molar-refractivity contribution in [3.8, 4) is 0 Å². The monoisotopic (exact) mass is 251 g/mol. The van der Waals surface area contributed by atoms with E-state index in [4.69, 9.17) is 0 Å². The second kappa shape index (κ2) is 3.13. The molecule has 1 heterocycles. The van der Waals surface area contributed by atoms with Crippen molar-refractivity contribution in [1.82, 2.24) is 4.98 Å². The molecule has 2 heteroatoms. The van der Waals surface area contributed by atoms with Crippen molar-refractivity contribution in [3.05, 3.63) is 34.4 Å². The molecule has 0 unspecified atom stereocenters. The molecule has 0 fully saturated rings. The smallest absolute Gasteiger partial charge is 0.0601 e. The first-order valence-corrected chi connectivity index (χ1v) is 5.55. The minimum absolute atomic E-state index is 0.193. The lowest BCUT2D eigenvalue weighted by Crippen LogP contribution is -2.09. The fourth-order valence-electron chi connectivity index (χ4n) is 1.74. The van der Waals surface area contributed by atoms with Crippen molar-refractivity contribution in [2.45, 2.75) is 26.2 Å². The van der Waals surface area contributed by atoms with Gasteiger partial charge in [0.1, 0.15) is 0 Å². The van der Waals surface area contributed by atoms with Crippen LogP contribution in [0, 0.1) is 0 Å². The first-order chi connectivity index (χ1) is 6.50. The molecule has 0 radical (unpaired) electrons. The van der Waals surface area contributed by atoms with Crippen molar-refractivity contribution >= 4 is 26.8 Å². The molecule has 0 spiro atoms. The van der Waals surface area contributed by atoms with Gasteiger partial charge >= 0.3 is 0 Å². The second-order valence-corrected chi connectivity index (χ2v) is 5.47. The van der Waals surface area contributed by atoms with Crippen LogP contribution in [0.25, 0.3) is 10.9 Å². The van der Waals surface area contributed by atoms with Gasteiger partial charge in [-0.25, -0.2) is 0 Å². The van der Waals surface area contributed by atoms with E-state index in [0.29, 0.717) is 0 Å². The summed E-state index contributed by atoms with van der Waals surface area (Å²) in [5.74, 6) is 0. The maximum absolute atomic E-state index is 3.55. The van der Waals surface area contributed by atoms with Crippen molar-refractivity contribution < 1.29 is 0 Å². The van der Waals surface area contributed by atoms with Crippen LogP contribution < -0.4 is 0 Å². The molecule has 1 aromatic heterocycles. The predicted octanol–water partition coefficient (Wildman–Crippen LogP) is 4.23. The summed E-state index contributed by atoms with van der Waals surface area (Å²) in [6.45, 7) is 6.70. The molecule has 14 heavy (non-hydrogen) atoms. The standard InChI is InChI=1S/C12H14BrN/c1-12(2,3)9-7-14-11-8(9)5-4-6-10(11)13/h4-7,14H,1-3H3. The molecule has 0 saturated heterocycles. The Morgan fingerprint density at radius 3 is 2.57 bits per heavy atom. The summed E-state index contributed by atoms with van der Waals surface area (Å²) in [6, 6.07) is 6.30. The molecule has 74 valence electrons. The molecule has 0 aliphatic carbocycles. The van der Waals surface area contributed by atoms with Crippen LogP contribution in [0.3, 0.4) is 0 Å². The molecule has 1 nitrogen and oxygen atoms in total. The third-order valence-corrected chi connectivity index (χ3v) is 3.13. The van der Waals surface area contributed by atoms with Gasteiger partial charge in [-0.15, -0.1) is 0 Å². The van der Waals surface area contributed by atoms with Gasteiger partial charge in [0, 0.05) is 16.1 Å². The Morgan fingerprint density at radius 2 is 1.93 bits per heavy atom. The van der Waals surface area contributed by atoms with Gasteiger partial charge in [-0.05, 0) is 33.0 Å². The van der Waals surface area contributed by atoms with E-state index >= 15 is 0 Å². The highest BCUT2D eigenvalue weighted by Crippen LogP contribution is 2.32. The van der Waals surface area contributed by atoms with Crippen LogP contribution in [0.15, 0.2) is 28.9 Å². The topological polar surface area (TPSA) is 15.8 Å². The summed E-state index contributed by atoms with van der Waals surface area (Å²) in [5.41, 5.74) is 2.75. The number of nitrogens with one attached hydrogen (secondary N) is 1. The SMILES string of the molecule is CC(C)(C)c1c[nH]c2c(Br)cccc12. The first-order valence-electron chi connectivity index (χ1n) is 4.76. The Morgan fingerprint density at radius 1 is 1.21 bits per heavy atom. The number of rotatable bonds is 0. The number of halogens is 1. The lowest BCUT2D eigenvalue weighted by atomic mass is 9.87. The van der Waals surface area contributed by atoms with E-state index in [9.17, 15) is 0 Å². The number of fused-ring (bicyclic) bond motifs is 1. The van der Waals surface area contributed by atoms with Gasteiger partial charge in [-0.3, -0.25) is 0 Å². The lowest BCUT2D eigenvalue weighted by molar-refractivity contribution is 0.596. The van der Waals surface area contributed by atoms with E-state index in [1.54, 1.807) is 0 Å². The Bertz CT molecular complexity index is 463.